The van der Waals surface area contributed by atoms with Crippen LogP contribution in [-0.2, 0) is 6.42 Å². The molecule has 2 aliphatic heterocycles. The van der Waals surface area contributed by atoms with Gasteiger partial charge < -0.3 is 5.21 Å². The molecule has 2 aliphatic rings. The third-order valence-electron chi connectivity index (χ3n) is 2.00. The van der Waals surface area contributed by atoms with Gasteiger partial charge in [0.2, 0.25) is 0 Å². The average molecular weight is 241 g/mol. The summed E-state index contributed by atoms with van der Waals surface area (Å²) in [6, 6.07) is 3.77. The van der Waals surface area contributed by atoms with Crippen molar-refractivity contribution in [2.45, 2.75) is 13.3 Å². The Kier molecular flexibility index (Phi) is 2.00. The number of hydrogen-bond donors (Lipinski definition) is 1. The van der Waals surface area contributed by atoms with Crippen molar-refractivity contribution in [3.63, 3.8) is 0 Å². The highest BCUT2D eigenvalue weighted by Crippen LogP contribution is 2.29. The molecule has 0 aromatic carbocycles. The topological polar surface area (TPSA) is 38.0 Å². The summed E-state index contributed by atoms with van der Waals surface area (Å²) in [6.45, 7) is 2.04. The molecule has 2 heterocycles. The van der Waals surface area contributed by atoms with Gasteiger partial charge in [-0.25, -0.2) is 4.98 Å². The second kappa shape index (κ2) is 3.03. The predicted octanol–water partition coefficient (Wildman–Crippen LogP) is 2.55. The monoisotopic (exact) mass is 240 g/mol. The van der Waals surface area contributed by atoms with Gasteiger partial charge >= 0.3 is 0 Å². The standard InChI is InChI=1S/C9H9BrN2O/c1-2-6-5-7-8(10)3-4-12(13)9(7)11-6/h3-5,13H,2H2,1H3. The first-order chi connectivity index (χ1) is 6.22. The van der Waals surface area contributed by atoms with Crippen molar-refractivity contribution in [3.8, 4) is 11.4 Å². The van der Waals surface area contributed by atoms with Gasteiger partial charge in [-0.3, -0.25) is 0 Å². The molecule has 0 unspecified atom stereocenters. The van der Waals surface area contributed by atoms with Crippen LogP contribution in [0, 0.1) is 0 Å². The van der Waals surface area contributed by atoms with E-state index in [0.717, 1.165) is 26.9 Å². The molecule has 0 aromatic heterocycles. The maximum Gasteiger partial charge on any atom is 0.176 e. The highest BCUT2D eigenvalue weighted by atomic mass is 79.9. The Morgan fingerprint density at radius 1 is 1.62 bits per heavy atom. The van der Waals surface area contributed by atoms with Crippen molar-refractivity contribution in [3.05, 3.63) is 28.5 Å². The van der Waals surface area contributed by atoms with Crippen molar-refractivity contribution in [2.75, 3.05) is 0 Å². The van der Waals surface area contributed by atoms with E-state index in [0.29, 0.717) is 5.82 Å². The predicted molar refractivity (Wildman–Crippen MR) is 53.1 cm³/mol. The molecule has 0 aliphatic carbocycles. The molecule has 13 heavy (non-hydrogen) atoms. The molecule has 0 atom stereocenters. The fourth-order valence-electron chi connectivity index (χ4n) is 1.29. The number of aromatic nitrogens is 2. The van der Waals surface area contributed by atoms with Gasteiger partial charge in [-0.1, -0.05) is 6.92 Å². The maximum absolute atomic E-state index is 9.44. The first-order valence-corrected chi connectivity index (χ1v) is 4.87. The second-order valence-electron chi connectivity index (χ2n) is 2.85. The molecule has 3 nitrogen and oxygen atoms in total. The summed E-state index contributed by atoms with van der Waals surface area (Å²) < 4.78 is 2.00. The van der Waals surface area contributed by atoms with Crippen LogP contribution in [0.3, 0.4) is 0 Å². The summed E-state index contributed by atoms with van der Waals surface area (Å²) in [5.41, 5.74) is 1.94. The van der Waals surface area contributed by atoms with Crippen molar-refractivity contribution >= 4 is 15.9 Å². The van der Waals surface area contributed by atoms with Crippen molar-refractivity contribution in [1.29, 1.82) is 0 Å². The lowest BCUT2D eigenvalue weighted by Gasteiger charge is -2.04. The number of hydrogen-bond acceptors (Lipinski definition) is 2. The zero-order valence-corrected chi connectivity index (χ0v) is 8.74. The maximum atomic E-state index is 9.44. The summed E-state index contributed by atoms with van der Waals surface area (Å²) in [6.07, 6.45) is 2.44. The van der Waals surface area contributed by atoms with E-state index in [1.165, 1.54) is 0 Å². The van der Waals surface area contributed by atoms with Crippen LogP contribution in [0.25, 0.3) is 11.4 Å². The fourth-order valence-corrected chi connectivity index (χ4v) is 1.70. The lowest BCUT2D eigenvalue weighted by molar-refractivity contribution is 0.186. The van der Waals surface area contributed by atoms with E-state index in [9.17, 15) is 5.21 Å². The van der Waals surface area contributed by atoms with E-state index in [2.05, 4.69) is 20.9 Å². The van der Waals surface area contributed by atoms with Gasteiger partial charge in [-0.2, -0.15) is 4.73 Å². The number of fused-ring (bicyclic) bond motifs is 1. The van der Waals surface area contributed by atoms with E-state index in [1.54, 1.807) is 12.3 Å². The van der Waals surface area contributed by atoms with Gasteiger partial charge in [-0.05, 0) is 34.5 Å². The van der Waals surface area contributed by atoms with Crippen LogP contribution >= 0.6 is 15.9 Å². The second-order valence-corrected chi connectivity index (χ2v) is 3.70. The molecule has 0 bridgehead atoms. The van der Waals surface area contributed by atoms with Crippen LogP contribution in [0.15, 0.2) is 22.8 Å². The summed E-state index contributed by atoms with van der Waals surface area (Å²) >= 11 is 3.41. The third kappa shape index (κ3) is 1.31. The zero-order chi connectivity index (χ0) is 9.42. The summed E-state index contributed by atoms with van der Waals surface area (Å²) in [7, 11) is 0. The summed E-state index contributed by atoms with van der Waals surface area (Å²) in [5.74, 6) is 0.603. The van der Waals surface area contributed by atoms with Crippen LogP contribution in [0.1, 0.15) is 12.6 Å². The SMILES string of the molecule is CCc1cc2c(Br)ccn(O)c-2n1. The van der Waals surface area contributed by atoms with Crippen molar-refractivity contribution in [1.82, 2.24) is 9.71 Å². The van der Waals surface area contributed by atoms with Gasteiger partial charge in [-0.15, -0.1) is 0 Å². The van der Waals surface area contributed by atoms with E-state index in [-0.39, 0.29) is 0 Å². The molecular weight excluding hydrogens is 232 g/mol. The van der Waals surface area contributed by atoms with Crippen LogP contribution in [0.4, 0.5) is 0 Å². The molecule has 0 saturated carbocycles. The quantitative estimate of drug-likeness (QED) is 0.779. The molecule has 0 spiro atoms. The Bertz CT molecular complexity index is 375. The van der Waals surface area contributed by atoms with Gasteiger partial charge in [0.1, 0.15) is 0 Å². The fraction of sp³-hybridized carbons (Fsp3) is 0.222. The van der Waals surface area contributed by atoms with Crippen LogP contribution in [0.2, 0.25) is 0 Å². The lowest BCUT2D eigenvalue weighted by atomic mass is 10.2. The summed E-state index contributed by atoms with van der Waals surface area (Å²) in [4.78, 5) is 4.27. The molecule has 0 saturated heterocycles. The molecule has 0 fully saturated rings. The molecule has 0 aromatic rings. The third-order valence-corrected chi connectivity index (χ3v) is 2.69. The Morgan fingerprint density at radius 2 is 2.38 bits per heavy atom. The molecule has 2 rings (SSSR count). The van der Waals surface area contributed by atoms with Gasteiger partial charge in [0, 0.05) is 21.9 Å². The van der Waals surface area contributed by atoms with Gasteiger partial charge in [0.15, 0.2) is 5.82 Å². The Labute approximate surface area is 84.5 Å². The molecular formula is C9H9BrN2O. The minimum atomic E-state index is 0.603. The van der Waals surface area contributed by atoms with Crippen LogP contribution in [0.5, 0.6) is 0 Å². The Hall–Kier alpha value is -1.03. The van der Waals surface area contributed by atoms with Crippen LogP contribution in [-0.4, -0.2) is 14.9 Å². The number of halogens is 1. The van der Waals surface area contributed by atoms with Crippen molar-refractivity contribution in [2.24, 2.45) is 0 Å². The van der Waals surface area contributed by atoms with E-state index >= 15 is 0 Å². The molecule has 68 valence electrons. The van der Waals surface area contributed by atoms with E-state index < -0.39 is 0 Å². The Balaban J connectivity index is 2.71. The highest BCUT2D eigenvalue weighted by Gasteiger charge is 2.14. The smallest absolute Gasteiger partial charge is 0.176 e. The van der Waals surface area contributed by atoms with Gasteiger partial charge in [0.25, 0.3) is 0 Å². The lowest BCUT2D eigenvalue weighted by Crippen LogP contribution is -1.97. The number of nitrogens with zero attached hydrogens (tertiary/aromatic N) is 2. The normalized spacial score (nSPS) is 10.9. The number of pyridine rings is 1. The highest BCUT2D eigenvalue weighted by molar-refractivity contribution is 9.10. The molecule has 4 heteroatoms. The first kappa shape index (κ1) is 8.56. The molecule has 0 radical (unpaired) electrons. The average Bonchev–Trinajstić information content (AvgIpc) is 2.56. The van der Waals surface area contributed by atoms with Crippen LogP contribution < -0.4 is 0 Å². The Morgan fingerprint density at radius 3 is 3.00 bits per heavy atom. The zero-order valence-electron chi connectivity index (χ0n) is 7.16. The number of rotatable bonds is 1. The molecule has 1 N–H and O–H groups in total. The number of aryl methyl sites for hydroxylation is 1. The minimum absolute atomic E-state index is 0.603. The van der Waals surface area contributed by atoms with E-state index in [4.69, 9.17) is 0 Å². The molecule has 0 amide bonds. The van der Waals surface area contributed by atoms with Crippen molar-refractivity contribution < 1.29 is 5.21 Å². The summed E-state index contributed by atoms with van der Waals surface area (Å²) in [5, 5.41) is 9.44. The van der Waals surface area contributed by atoms with Gasteiger partial charge in [0.05, 0.1) is 0 Å². The van der Waals surface area contributed by atoms with E-state index in [1.807, 2.05) is 13.0 Å². The first-order valence-electron chi connectivity index (χ1n) is 4.08. The largest absolute Gasteiger partial charge is 0.427 e. The minimum Gasteiger partial charge on any atom is -0.427 e.